The fourth-order valence-electron chi connectivity index (χ4n) is 3.03. The first-order valence-corrected chi connectivity index (χ1v) is 7.58. The van der Waals surface area contributed by atoms with E-state index in [1.54, 1.807) is 24.3 Å². The number of hydrogen-bond acceptors (Lipinski definition) is 4. The number of hydrogen-bond donors (Lipinski definition) is 2. The van der Waals surface area contributed by atoms with Gasteiger partial charge in [-0.25, -0.2) is 0 Å². The number of nitrogens with two attached hydrogens (primary N) is 1. The van der Waals surface area contributed by atoms with Crippen LogP contribution in [0.2, 0.25) is 5.02 Å². The summed E-state index contributed by atoms with van der Waals surface area (Å²) in [4.78, 5) is 11.9. The average molecular weight is 311 g/mol. The van der Waals surface area contributed by atoms with E-state index < -0.39 is 0 Å². The fraction of sp³-hybridized carbons (Fsp3) is 0.533. The third-order valence-electron chi connectivity index (χ3n) is 4.19. The van der Waals surface area contributed by atoms with E-state index in [1.807, 2.05) is 0 Å². The first-order valence-electron chi connectivity index (χ1n) is 7.20. The van der Waals surface area contributed by atoms with Crippen molar-refractivity contribution in [3.8, 4) is 5.75 Å². The highest BCUT2D eigenvalue weighted by atomic mass is 35.5. The molecule has 3 N–H and O–H groups in total. The zero-order valence-electron chi connectivity index (χ0n) is 11.6. The van der Waals surface area contributed by atoms with Crippen molar-refractivity contribution in [2.24, 2.45) is 11.7 Å². The lowest BCUT2D eigenvalue weighted by Crippen LogP contribution is -2.72. The molecule has 0 aromatic heterocycles. The number of carbonyl (C=O) groups excluding carboxylic acids is 1. The molecule has 1 aliphatic carbocycles. The molecule has 114 valence electrons. The Hall–Kier alpha value is -1.30. The van der Waals surface area contributed by atoms with E-state index in [0.29, 0.717) is 16.7 Å². The van der Waals surface area contributed by atoms with E-state index in [1.165, 1.54) is 0 Å². The number of amides is 1. The van der Waals surface area contributed by atoms with Crippen LogP contribution in [0.25, 0.3) is 0 Å². The molecule has 1 saturated carbocycles. The van der Waals surface area contributed by atoms with Gasteiger partial charge in [0, 0.05) is 23.6 Å². The van der Waals surface area contributed by atoms with Crippen LogP contribution in [0.15, 0.2) is 24.3 Å². The number of fused-ring (bicyclic) bond motifs is 1. The summed E-state index contributed by atoms with van der Waals surface area (Å²) in [7, 11) is 0. The molecular weight excluding hydrogens is 292 g/mol. The van der Waals surface area contributed by atoms with Gasteiger partial charge in [-0.3, -0.25) is 4.79 Å². The second-order valence-electron chi connectivity index (χ2n) is 5.55. The number of rotatable bonds is 4. The molecule has 0 radical (unpaired) electrons. The highest BCUT2D eigenvalue weighted by Gasteiger charge is 2.51. The zero-order valence-corrected chi connectivity index (χ0v) is 12.4. The summed E-state index contributed by atoms with van der Waals surface area (Å²) in [5.74, 6) is 0.804. The summed E-state index contributed by atoms with van der Waals surface area (Å²) < 4.78 is 11.1. The number of nitrogens with one attached hydrogen (secondary N) is 1. The highest BCUT2D eigenvalue weighted by molar-refractivity contribution is 6.30. The molecule has 4 unspecified atom stereocenters. The van der Waals surface area contributed by atoms with Gasteiger partial charge in [0.2, 0.25) is 0 Å². The largest absolute Gasteiger partial charge is 0.484 e. The Morgan fingerprint density at radius 1 is 1.43 bits per heavy atom. The molecule has 0 spiro atoms. The van der Waals surface area contributed by atoms with Gasteiger partial charge in [-0.05, 0) is 37.1 Å². The topological polar surface area (TPSA) is 73.6 Å². The van der Waals surface area contributed by atoms with Crippen molar-refractivity contribution in [1.82, 2.24) is 5.32 Å². The molecule has 2 aliphatic rings. The van der Waals surface area contributed by atoms with Gasteiger partial charge in [0.25, 0.3) is 5.91 Å². The number of halogens is 1. The molecule has 1 aliphatic heterocycles. The van der Waals surface area contributed by atoms with Gasteiger partial charge in [0.1, 0.15) is 5.75 Å². The van der Waals surface area contributed by atoms with Crippen LogP contribution >= 0.6 is 11.6 Å². The Kier molecular flexibility index (Phi) is 4.33. The van der Waals surface area contributed by atoms with Crippen LogP contribution in [0.5, 0.6) is 5.75 Å². The number of ether oxygens (including phenoxy) is 2. The van der Waals surface area contributed by atoms with Crippen LogP contribution < -0.4 is 15.8 Å². The summed E-state index contributed by atoms with van der Waals surface area (Å²) in [5.41, 5.74) is 6.10. The number of benzene rings is 1. The first-order chi connectivity index (χ1) is 10.1. The molecule has 0 bridgehead atoms. The molecular formula is C15H19ClN2O3. The van der Waals surface area contributed by atoms with Crippen LogP contribution in [-0.2, 0) is 9.53 Å². The van der Waals surface area contributed by atoms with Crippen molar-refractivity contribution in [2.45, 2.75) is 31.0 Å². The molecule has 21 heavy (non-hydrogen) atoms. The van der Waals surface area contributed by atoms with Gasteiger partial charge in [-0.2, -0.15) is 0 Å². The van der Waals surface area contributed by atoms with Gasteiger partial charge in [-0.1, -0.05) is 11.6 Å². The molecule has 1 amide bonds. The SMILES string of the molecule is NC1C2CCCOC2C1NC(=O)COc1ccc(Cl)cc1. The van der Waals surface area contributed by atoms with Crippen molar-refractivity contribution in [3.63, 3.8) is 0 Å². The molecule has 1 aromatic carbocycles. The van der Waals surface area contributed by atoms with Crippen LogP contribution in [0.3, 0.4) is 0 Å². The third-order valence-corrected chi connectivity index (χ3v) is 4.44. The summed E-state index contributed by atoms with van der Waals surface area (Å²) in [6, 6.07) is 6.77. The second-order valence-corrected chi connectivity index (χ2v) is 5.99. The minimum absolute atomic E-state index is 0.0187. The quantitative estimate of drug-likeness (QED) is 0.880. The standard InChI is InChI=1S/C15H19ClN2O3/c16-9-3-5-10(6-4-9)21-8-12(19)18-14-13(17)11-2-1-7-20-15(11)14/h3-6,11,13-15H,1-2,7-8,17H2,(H,18,19). The maximum Gasteiger partial charge on any atom is 0.258 e. The fourth-order valence-corrected chi connectivity index (χ4v) is 3.16. The van der Waals surface area contributed by atoms with Gasteiger partial charge in [-0.15, -0.1) is 0 Å². The lowest BCUT2D eigenvalue weighted by atomic mass is 9.68. The normalized spacial score (nSPS) is 31.0. The van der Waals surface area contributed by atoms with Crippen LogP contribution in [-0.4, -0.2) is 37.3 Å². The monoisotopic (exact) mass is 310 g/mol. The Morgan fingerprint density at radius 3 is 2.95 bits per heavy atom. The molecule has 4 atom stereocenters. The van der Waals surface area contributed by atoms with Gasteiger partial charge >= 0.3 is 0 Å². The molecule has 1 saturated heterocycles. The molecule has 3 rings (SSSR count). The minimum atomic E-state index is -0.182. The summed E-state index contributed by atoms with van der Waals surface area (Å²) in [6.07, 6.45) is 2.20. The average Bonchev–Trinajstić information content (AvgIpc) is 2.51. The minimum Gasteiger partial charge on any atom is -0.484 e. The summed E-state index contributed by atoms with van der Waals surface area (Å²) >= 11 is 5.79. The van der Waals surface area contributed by atoms with E-state index in [9.17, 15) is 4.79 Å². The Balaban J connectivity index is 1.47. The van der Waals surface area contributed by atoms with Gasteiger partial charge < -0.3 is 20.5 Å². The van der Waals surface area contributed by atoms with E-state index in [0.717, 1.165) is 19.4 Å². The maximum atomic E-state index is 11.9. The lowest BCUT2D eigenvalue weighted by molar-refractivity contribution is -0.140. The Morgan fingerprint density at radius 2 is 2.19 bits per heavy atom. The van der Waals surface area contributed by atoms with E-state index in [-0.39, 0.29) is 30.7 Å². The molecule has 1 heterocycles. The molecule has 5 nitrogen and oxygen atoms in total. The van der Waals surface area contributed by atoms with Crippen LogP contribution in [0, 0.1) is 5.92 Å². The third kappa shape index (κ3) is 3.15. The highest BCUT2D eigenvalue weighted by Crippen LogP contribution is 2.36. The predicted molar refractivity (Wildman–Crippen MR) is 79.3 cm³/mol. The summed E-state index contributed by atoms with van der Waals surface area (Å²) in [5, 5.41) is 3.54. The van der Waals surface area contributed by atoms with E-state index in [2.05, 4.69) is 5.32 Å². The smallest absolute Gasteiger partial charge is 0.258 e. The zero-order chi connectivity index (χ0) is 14.8. The van der Waals surface area contributed by atoms with Crippen molar-refractivity contribution in [2.75, 3.05) is 13.2 Å². The van der Waals surface area contributed by atoms with Gasteiger partial charge in [0.15, 0.2) is 6.61 Å². The molecule has 6 heteroatoms. The van der Waals surface area contributed by atoms with Crippen molar-refractivity contribution in [3.05, 3.63) is 29.3 Å². The van der Waals surface area contributed by atoms with E-state index >= 15 is 0 Å². The Bertz CT molecular complexity index is 508. The maximum absolute atomic E-state index is 11.9. The van der Waals surface area contributed by atoms with Crippen LogP contribution in [0.4, 0.5) is 0 Å². The van der Waals surface area contributed by atoms with Gasteiger partial charge in [0.05, 0.1) is 12.1 Å². The van der Waals surface area contributed by atoms with Crippen molar-refractivity contribution >= 4 is 17.5 Å². The molecule has 2 fully saturated rings. The van der Waals surface area contributed by atoms with E-state index in [4.69, 9.17) is 26.8 Å². The van der Waals surface area contributed by atoms with Crippen molar-refractivity contribution in [1.29, 1.82) is 0 Å². The Labute approximate surface area is 128 Å². The second kappa shape index (κ2) is 6.22. The molecule has 1 aromatic rings. The first kappa shape index (κ1) is 14.6. The summed E-state index contributed by atoms with van der Waals surface area (Å²) in [6.45, 7) is 0.712. The van der Waals surface area contributed by atoms with Crippen LogP contribution in [0.1, 0.15) is 12.8 Å². The number of carbonyl (C=O) groups is 1. The lowest BCUT2D eigenvalue weighted by Gasteiger charge is -2.52. The predicted octanol–water partition coefficient (Wildman–Crippen LogP) is 1.34. The van der Waals surface area contributed by atoms with Crippen molar-refractivity contribution < 1.29 is 14.3 Å².